The first-order valence-electron chi connectivity index (χ1n) is 23.7. The van der Waals surface area contributed by atoms with Gasteiger partial charge in [0.2, 0.25) is 23.6 Å². The van der Waals surface area contributed by atoms with Crippen molar-refractivity contribution in [1.82, 2.24) is 31.1 Å². The molecule has 15 nitrogen and oxygen atoms in total. The molecule has 0 bridgehead atoms. The Morgan fingerprint density at radius 2 is 0.984 bits per heavy atom. The Morgan fingerprint density at radius 3 is 1.33 bits per heavy atom. The van der Waals surface area contributed by atoms with Gasteiger partial charge in [-0.15, -0.1) is 0 Å². The molecular weight excluding hydrogens is 817 g/mol. The van der Waals surface area contributed by atoms with Gasteiger partial charge >= 0.3 is 12.2 Å². The highest BCUT2D eigenvalue weighted by molar-refractivity contribution is 5.93. The van der Waals surface area contributed by atoms with Crippen LogP contribution >= 0.6 is 0 Å². The van der Waals surface area contributed by atoms with E-state index in [9.17, 15) is 33.9 Å². The smallest absolute Gasteiger partial charge is 0.408 e. The zero-order valence-corrected chi connectivity index (χ0v) is 38.9. The molecular formula is C49H74N6O9. The quantitative estimate of drug-likeness (QED) is 0.0797. The number of aliphatic hydroxyl groups is 1. The lowest BCUT2D eigenvalue weighted by Gasteiger charge is -2.35. The molecule has 64 heavy (non-hydrogen) atoms. The van der Waals surface area contributed by atoms with Gasteiger partial charge in [-0.05, 0) is 61.5 Å². The molecule has 354 valence electrons. The summed E-state index contributed by atoms with van der Waals surface area (Å²) in [4.78, 5) is 85.7. The molecule has 0 radical (unpaired) electrons. The summed E-state index contributed by atoms with van der Waals surface area (Å²) < 4.78 is 10.9. The molecule has 6 amide bonds. The fraction of sp³-hybridized carbons (Fsp3) is 0.633. The summed E-state index contributed by atoms with van der Waals surface area (Å²) in [6, 6.07) is 13.5. The normalized spacial score (nSPS) is 19.3. The third-order valence-electron chi connectivity index (χ3n) is 12.8. The molecule has 15 heteroatoms. The standard InChI is InChI=1S/C49H74N6O9/c1-7-11-25-37(50-44(57)39-27-19-29-54(39)46(59)41(33(5)9-3)52-48(61)63-31-35-21-15-13-16-22-35)43(56)38(26-12-8-2)51-45(58)40-28-20-30-55(40)47(60)42(34(6)10-4)53-49(62)64-32-36-23-17-14-18-24-36/h13-18,21-24,33-34,37-43,56H,7-12,19-20,25-32H2,1-6H3,(H,50,57)(H,51,58)(H,52,61)(H,53,62)/t33-,34-,37?,38?,39-,40-,41-,42-,43?/m0/s1. The molecule has 0 saturated carbocycles. The highest BCUT2D eigenvalue weighted by Gasteiger charge is 2.43. The second-order valence-corrected chi connectivity index (χ2v) is 17.5. The molecule has 4 rings (SSSR count). The number of amides is 6. The van der Waals surface area contributed by atoms with Crippen LogP contribution in [0.5, 0.6) is 0 Å². The summed E-state index contributed by atoms with van der Waals surface area (Å²) in [5.74, 6) is -2.03. The number of benzene rings is 2. The van der Waals surface area contributed by atoms with E-state index >= 15 is 0 Å². The molecule has 2 saturated heterocycles. The Labute approximate surface area is 380 Å². The predicted octanol–water partition coefficient (Wildman–Crippen LogP) is 6.36. The summed E-state index contributed by atoms with van der Waals surface area (Å²) in [5, 5.41) is 23.8. The van der Waals surface area contributed by atoms with Gasteiger partial charge in [0.25, 0.3) is 0 Å². The molecule has 8 atom stereocenters. The summed E-state index contributed by atoms with van der Waals surface area (Å²) in [5.41, 5.74) is 1.62. The third kappa shape index (κ3) is 15.0. The number of ether oxygens (including phenoxy) is 2. The minimum absolute atomic E-state index is 0.0468. The van der Waals surface area contributed by atoms with Gasteiger partial charge in [-0.1, -0.05) is 141 Å². The number of carbonyl (C=O) groups excluding carboxylic acids is 6. The van der Waals surface area contributed by atoms with Crippen LogP contribution in [0, 0.1) is 11.8 Å². The minimum atomic E-state index is -1.18. The maximum Gasteiger partial charge on any atom is 0.408 e. The van der Waals surface area contributed by atoms with Crippen molar-refractivity contribution in [3.8, 4) is 0 Å². The lowest BCUT2D eigenvalue weighted by molar-refractivity contribution is -0.142. The van der Waals surface area contributed by atoms with E-state index in [-0.39, 0.29) is 36.9 Å². The number of unbranched alkanes of at least 4 members (excludes halogenated alkanes) is 2. The van der Waals surface area contributed by atoms with Crippen molar-refractivity contribution in [2.45, 2.75) is 174 Å². The molecule has 2 unspecified atom stereocenters. The van der Waals surface area contributed by atoms with Crippen LogP contribution in [-0.2, 0) is 41.9 Å². The fourth-order valence-electron chi connectivity index (χ4n) is 8.46. The van der Waals surface area contributed by atoms with E-state index in [1.54, 1.807) is 0 Å². The topological polar surface area (TPSA) is 196 Å². The van der Waals surface area contributed by atoms with Crippen molar-refractivity contribution in [3.05, 3.63) is 71.8 Å². The van der Waals surface area contributed by atoms with Crippen molar-refractivity contribution < 1.29 is 43.3 Å². The highest BCUT2D eigenvalue weighted by Crippen LogP contribution is 2.25. The second-order valence-electron chi connectivity index (χ2n) is 17.5. The average molecular weight is 891 g/mol. The number of likely N-dealkylation sites (tertiary alicyclic amines) is 2. The maximum atomic E-state index is 14.2. The van der Waals surface area contributed by atoms with Gasteiger partial charge in [0.15, 0.2) is 0 Å². The number of rotatable bonds is 24. The van der Waals surface area contributed by atoms with Crippen molar-refractivity contribution in [2.75, 3.05) is 13.1 Å². The lowest BCUT2D eigenvalue weighted by atomic mass is 9.93. The Balaban J connectivity index is 1.45. The molecule has 0 spiro atoms. The Kier molecular flexibility index (Phi) is 21.4. The number of alkyl carbamates (subject to hydrolysis) is 2. The van der Waals surface area contributed by atoms with Crippen LogP contribution in [0.3, 0.4) is 0 Å². The van der Waals surface area contributed by atoms with Crippen molar-refractivity contribution in [1.29, 1.82) is 0 Å². The summed E-state index contributed by atoms with van der Waals surface area (Å²) >= 11 is 0. The maximum absolute atomic E-state index is 14.2. The van der Waals surface area contributed by atoms with E-state index in [0.717, 1.165) is 24.0 Å². The predicted molar refractivity (Wildman–Crippen MR) is 244 cm³/mol. The van der Waals surface area contributed by atoms with E-state index < -0.39 is 66.4 Å². The summed E-state index contributed by atoms with van der Waals surface area (Å²) in [7, 11) is 0. The SMILES string of the molecule is CCCCC(NC(=O)[C@@H]1CCCN1C(=O)[C@@H](NC(=O)OCc1ccccc1)[C@@H](C)CC)C(O)C(CCCC)NC(=O)[C@@H]1CCCN1C(=O)[C@@H](NC(=O)OCc1ccccc1)[C@@H](C)CC. The largest absolute Gasteiger partial charge is 0.445 e. The van der Waals surface area contributed by atoms with Gasteiger partial charge in [0.05, 0.1) is 18.2 Å². The molecule has 2 aromatic carbocycles. The van der Waals surface area contributed by atoms with Gasteiger partial charge in [0, 0.05) is 13.1 Å². The number of nitrogens with one attached hydrogen (secondary N) is 4. The molecule has 2 heterocycles. The van der Waals surface area contributed by atoms with Crippen molar-refractivity contribution in [3.63, 3.8) is 0 Å². The molecule has 5 N–H and O–H groups in total. The molecule has 2 fully saturated rings. The summed E-state index contributed by atoms with van der Waals surface area (Å²) in [6.45, 7) is 12.4. The summed E-state index contributed by atoms with van der Waals surface area (Å²) in [6.07, 6.45) is 4.44. The zero-order chi connectivity index (χ0) is 46.6. The number of hydrogen-bond acceptors (Lipinski definition) is 9. The van der Waals surface area contributed by atoms with E-state index in [1.807, 2.05) is 102 Å². The third-order valence-corrected chi connectivity index (χ3v) is 12.8. The van der Waals surface area contributed by atoms with Crippen LogP contribution in [0.1, 0.15) is 130 Å². The van der Waals surface area contributed by atoms with Gasteiger partial charge in [-0.3, -0.25) is 19.2 Å². The van der Waals surface area contributed by atoms with Gasteiger partial charge in [-0.2, -0.15) is 0 Å². The van der Waals surface area contributed by atoms with Crippen molar-refractivity contribution >= 4 is 35.8 Å². The first-order chi connectivity index (χ1) is 30.8. The van der Waals surface area contributed by atoms with Crippen LogP contribution < -0.4 is 21.3 Å². The van der Waals surface area contributed by atoms with E-state index in [4.69, 9.17) is 9.47 Å². The van der Waals surface area contributed by atoms with Crippen LogP contribution in [0.4, 0.5) is 9.59 Å². The van der Waals surface area contributed by atoms with Gasteiger partial charge in [-0.25, -0.2) is 9.59 Å². The molecule has 0 aliphatic carbocycles. The number of aliphatic hydroxyl groups excluding tert-OH is 1. The fourth-order valence-corrected chi connectivity index (χ4v) is 8.46. The molecule has 0 aromatic heterocycles. The van der Waals surface area contributed by atoms with E-state index in [2.05, 4.69) is 21.3 Å². The number of hydrogen-bond donors (Lipinski definition) is 5. The van der Waals surface area contributed by atoms with Crippen LogP contribution in [0.2, 0.25) is 0 Å². The monoisotopic (exact) mass is 891 g/mol. The Morgan fingerprint density at radius 1 is 0.609 bits per heavy atom. The average Bonchev–Trinajstić information content (AvgIpc) is 4.02. The first kappa shape index (κ1) is 51.5. The molecule has 2 aliphatic heterocycles. The molecule has 2 aromatic rings. The molecule has 2 aliphatic rings. The Hall–Kier alpha value is -5.18. The highest BCUT2D eigenvalue weighted by atomic mass is 16.6. The number of carbonyl (C=O) groups is 6. The van der Waals surface area contributed by atoms with Gasteiger partial charge < -0.3 is 45.6 Å². The van der Waals surface area contributed by atoms with Gasteiger partial charge in [0.1, 0.15) is 37.4 Å². The minimum Gasteiger partial charge on any atom is -0.445 e. The first-order valence-corrected chi connectivity index (χ1v) is 23.7. The van der Waals surface area contributed by atoms with Crippen LogP contribution in [-0.4, -0.2) is 106 Å². The van der Waals surface area contributed by atoms with Crippen LogP contribution in [0.25, 0.3) is 0 Å². The zero-order valence-electron chi connectivity index (χ0n) is 38.9. The lowest BCUT2D eigenvalue weighted by Crippen LogP contribution is -2.60. The van der Waals surface area contributed by atoms with Crippen LogP contribution in [0.15, 0.2) is 60.7 Å². The van der Waals surface area contributed by atoms with E-state index in [0.29, 0.717) is 77.3 Å². The second kappa shape index (κ2) is 26.6. The number of nitrogens with zero attached hydrogens (tertiary/aromatic N) is 2. The van der Waals surface area contributed by atoms with Crippen molar-refractivity contribution in [2.24, 2.45) is 11.8 Å². The Bertz CT molecular complexity index is 1660. The van der Waals surface area contributed by atoms with E-state index in [1.165, 1.54) is 9.80 Å².